The molecule has 0 saturated carbocycles. The molecule has 0 amide bonds. The molecule has 2 aromatic rings. The third-order valence-electron chi connectivity index (χ3n) is 3.68. The van der Waals surface area contributed by atoms with E-state index in [9.17, 15) is 0 Å². The first kappa shape index (κ1) is 13.6. The second-order valence-electron chi connectivity index (χ2n) is 5.12. The summed E-state index contributed by atoms with van der Waals surface area (Å²) < 4.78 is 6.31. The van der Waals surface area contributed by atoms with Gasteiger partial charge < -0.3 is 14.6 Å². The number of anilines is 2. The van der Waals surface area contributed by atoms with Crippen molar-refractivity contribution in [3.8, 4) is 0 Å². The molecule has 0 aliphatic carbocycles. The molecule has 1 aliphatic rings. The number of para-hydroxylation sites is 2. The second-order valence-corrected chi connectivity index (χ2v) is 5.91. The maximum Gasteiger partial charge on any atom is 0.169 e. The van der Waals surface area contributed by atoms with E-state index in [1.807, 2.05) is 12.1 Å². The summed E-state index contributed by atoms with van der Waals surface area (Å²) in [5.41, 5.74) is 2.49. The van der Waals surface area contributed by atoms with Crippen LogP contribution in [0.3, 0.4) is 0 Å². The Hall–Kier alpha value is -1.42. The summed E-state index contributed by atoms with van der Waals surface area (Å²) in [6.45, 7) is 3.02. The topological polar surface area (TPSA) is 28.4 Å². The van der Waals surface area contributed by atoms with E-state index in [-0.39, 0.29) is 0 Å². The smallest absolute Gasteiger partial charge is 0.169 e. The summed E-state index contributed by atoms with van der Waals surface area (Å²) in [4.78, 5) is 2.48. The van der Waals surface area contributed by atoms with Gasteiger partial charge in [0.1, 0.15) is 5.76 Å². The van der Waals surface area contributed by atoms with Crippen LogP contribution in [-0.2, 0) is 6.54 Å². The lowest BCUT2D eigenvalue weighted by Gasteiger charge is -2.30. The van der Waals surface area contributed by atoms with E-state index in [1.165, 1.54) is 30.6 Å². The van der Waals surface area contributed by atoms with Crippen LogP contribution in [0.25, 0.3) is 0 Å². The molecule has 20 heavy (non-hydrogen) atoms. The van der Waals surface area contributed by atoms with Crippen LogP contribution in [0, 0.1) is 0 Å². The van der Waals surface area contributed by atoms with Gasteiger partial charge in [-0.3, -0.25) is 0 Å². The Labute approximate surface area is 128 Å². The van der Waals surface area contributed by atoms with Gasteiger partial charge >= 0.3 is 0 Å². The number of hydrogen-bond acceptors (Lipinski definition) is 3. The number of benzene rings is 1. The summed E-state index contributed by atoms with van der Waals surface area (Å²) in [5.74, 6) is 0.935. The summed E-state index contributed by atoms with van der Waals surface area (Å²) in [7, 11) is 0. The van der Waals surface area contributed by atoms with Crippen molar-refractivity contribution in [1.29, 1.82) is 0 Å². The molecule has 0 atom stereocenters. The van der Waals surface area contributed by atoms with Crippen molar-refractivity contribution in [3.05, 3.63) is 46.8 Å². The number of halogens is 1. The number of piperidine rings is 1. The average molecular weight is 335 g/mol. The highest BCUT2D eigenvalue weighted by molar-refractivity contribution is 9.10. The first-order valence-electron chi connectivity index (χ1n) is 7.15. The average Bonchev–Trinajstić information content (AvgIpc) is 2.92. The van der Waals surface area contributed by atoms with Gasteiger partial charge in [-0.15, -0.1) is 0 Å². The summed E-state index contributed by atoms with van der Waals surface area (Å²) >= 11 is 3.33. The van der Waals surface area contributed by atoms with Crippen LogP contribution in [0.2, 0.25) is 0 Å². The molecule has 2 heterocycles. The van der Waals surface area contributed by atoms with Gasteiger partial charge in [0.05, 0.1) is 17.9 Å². The molecule has 1 aromatic carbocycles. The van der Waals surface area contributed by atoms with Crippen LogP contribution in [0.4, 0.5) is 11.4 Å². The minimum atomic E-state index is 0.705. The maximum atomic E-state index is 5.53. The lowest BCUT2D eigenvalue weighted by Crippen LogP contribution is -2.30. The van der Waals surface area contributed by atoms with Crippen molar-refractivity contribution in [2.24, 2.45) is 0 Å². The number of nitrogens with one attached hydrogen (secondary N) is 1. The van der Waals surface area contributed by atoms with Crippen LogP contribution in [0.5, 0.6) is 0 Å². The Morgan fingerprint density at radius 1 is 1.05 bits per heavy atom. The van der Waals surface area contributed by atoms with Crippen LogP contribution in [-0.4, -0.2) is 13.1 Å². The predicted molar refractivity (Wildman–Crippen MR) is 86.2 cm³/mol. The zero-order valence-corrected chi connectivity index (χ0v) is 13.0. The lowest BCUT2D eigenvalue weighted by molar-refractivity contribution is 0.495. The van der Waals surface area contributed by atoms with E-state index >= 15 is 0 Å². The van der Waals surface area contributed by atoms with Gasteiger partial charge in [-0.1, -0.05) is 12.1 Å². The highest BCUT2D eigenvalue weighted by Crippen LogP contribution is 2.28. The fourth-order valence-corrected chi connectivity index (χ4v) is 3.00. The molecular weight excluding hydrogens is 316 g/mol. The highest BCUT2D eigenvalue weighted by atomic mass is 79.9. The molecule has 4 heteroatoms. The van der Waals surface area contributed by atoms with Gasteiger partial charge in [0.25, 0.3) is 0 Å². The van der Waals surface area contributed by atoms with E-state index in [0.29, 0.717) is 6.54 Å². The number of hydrogen-bond donors (Lipinski definition) is 1. The van der Waals surface area contributed by atoms with Crippen molar-refractivity contribution in [2.75, 3.05) is 23.3 Å². The number of nitrogens with zero attached hydrogens (tertiary/aromatic N) is 1. The lowest BCUT2D eigenvalue weighted by atomic mass is 10.1. The first-order chi connectivity index (χ1) is 9.83. The zero-order valence-electron chi connectivity index (χ0n) is 11.4. The largest absolute Gasteiger partial charge is 0.452 e. The van der Waals surface area contributed by atoms with Crippen LogP contribution < -0.4 is 10.2 Å². The molecule has 1 fully saturated rings. The van der Waals surface area contributed by atoms with E-state index < -0.39 is 0 Å². The van der Waals surface area contributed by atoms with Crippen molar-refractivity contribution < 1.29 is 4.42 Å². The molecule has 1 aromatic heterocycles. The highest BCUT2D eigenvalue weighted by Gasteiger charge is 2.14. The summed E-state index contributed by atoms with van der Waals surface area (Å²) in [6, 6.07) is 12.4. The molecular formula is C16H19BrN2O. The van der Waals surface area contributed by atoms with Crippen molar-refractivity contribution in [1.82, 2.24) is 0 Å². The molecule has 1 saturated heterocycles. The summed E-state index contributed by atoms with van der Waals surface area (Å²) in [6.07, 6.45) is 3.94. The third kappa shape index (κ3) is 3.18. The fraction of sp³-hybridized carbons (Fsp3) is 0.375. The molecule has 3 rings (SSSR count). The van der Waals surface area contributed by atoms with Gasteiger partial charge in [0.15, 0.2) is 4.67 Å². The van der Waals surface area contributed by atoms with Crippen LogP contribution in [0.15, 0.2) is 45.5 Å². The van der Waals surface area contributed by atoms with E-state index in [2.05, 4.69) is 50.4 Å². The third-order valence-corrected chi connectivity index (χ3v) is 4.11. The van der Waals surface area contributed by atoms with Gasteiger partial charge in [-0.2, -0.15) is 0 Å². The Balaban J connectivity index is 1.72. The Kier molecular flexibility index (Phi) is 4.31. The molecule has 3 nitrogen and oxygen atoms in total. The van der Waals surface area contributed by atoms with Gasteiger partial charge in [0, 0.05) is 13.1 Å². The van der Waals surface area contributed by atoms with Crippen molar-refractivity contribution in [3.63, 3.8) is 0 Å². The molecule has 0 spiro atoms. The quantitative estimate of drug-likeness (QED) is 0.882. The van der Waals surface area contributed by atoms with E-state index in [0.717, 1.165) is 23.5 Å². The molecule has 0 radical (unpaired) electrons. The minimum absolute atomic E-state index is 0.705. The number of rotatable bonds is 4. The van der Waals surface area contributed by atoms with Gasteiger partial charge in [0.2, 0.25) is 0 Å². The standard InChI is InChI=1S/C16H19BrN2O/c17-16-9-8-13(20-16)12-18-14-6-2-3-7-15(14)19-10-4-1-5-11-19/h2-3,6-9,18H,1,4-5,10-12H2. The Morgan fingerprint density at radius 3 is 2.60 bits per heavy atom. The van der Waals surface area contributed by atoms with E-state index in [4.69, 9.17) is 4.42 Å². The number of furan rings is 1. The van der Waals surface area contributed by atoms with Crippen LogP contribution >= 0.6 is 15.9 Å². The molecule has 106 valence electrons. The van der Waals surface area contributed by atoms with Gasteiger partial charge in [-0.25, -0.2) is 0 Å². The summed E-state index contributed by atoms with van der Waals surface area (Å²) in [5, 5.41) is 3.48. The first-order valence-corrected chi connectivity index (χ1v) is 7.94. The maximum absolute atomic E-state index is 5.53. The monoisotopic (exact) mass is 334 g/mol. The van der Waals surface area contributed by atoms with Gasteiger partial charge in [-0.05, 0) is 59.5 Å². The molecule has 1 N–H and O–H groups in total. The normalized spacial score (nSPS) is 15.3. The van der Waals surface area contributed by atoms with Crippen molar-refractivity contribution in [2.45, 2.75) is 25.8 Å². The minimum Gasteiger partial charge on any atom is -0.452 e. The Morgan fingerprint density at radius 2 is 1.85 bits per heavy atom. The van der Waals surface area contributed by atoms with E-state index in [1.54, 1.807) is 0 Å². The molecule has 1 aliphatic heterocycles. The fourth-order valence-electron chi connectivity index (χ4n) is 2.66. The SMILES string of the molecule is Brc1ccc(CNc2ccccc2N2CCCCC2)o1. The second kappa shape index (κ2) is 6.35. The predicted octanol–water partition coefficient (Wildman–Crippen LogP) is 4.64. The zero-order chi connectivity index (χ0) is 13.8. The molecule has 0 unspecified atom stereocenters. The van der Waals surface area contributed by atoms with Crippen LogP contribution in [0.1, 0.15) is 25.0 Å². The molecule has 0 bridgehead atoms. The Bertz CT molecular complexity index is 561. The van der Waals surface area contributed by atoms with Crippen molar-refractivity contribution >= 4 is 27.3 Å².